The number of aromatic amines is 1. The molecule has 4 rings (SSSR count). The third-order valence-corrected chi connectivity index (χ3v) is 3.82. The van der Waals surface area contributed by atoms with E-state index in [4.69, 9.17) is 14.5 Å². The highest BCUT2D eigenvalue weighted by Crippen LogP contribution is 2.20. The molecule has 18 heteroatoms. The van der Waals surface area contributed by atoms with Gasteiger partial charge in [0.05, 0.1) is 22.8 Å². The second-order valence-corrected chi connectivity index (χ2v) is 8.55. The molecule has 0 bridgehead atoms. The first kappa shape index (κ1) is 38.4. The average Bonchev–Trinajstić information content (AvgIpc) is 3.27. The minimum atomic E-state index is -3.67. The van der Waals surface area contributed by atoms with Gasteiger partial charge in [0.2, 0.25) is 0 Å². The second-order valence-electron chi connectivity index (χ2n) is 6.15. The van der Waals surface area contributed by atoms with Gasteiger partial charge in [-0.25, -0.2) is 14.2 Å². The first-order valence-corrected chi connectivity index (χ1v) is 14.7. The first-order chi connectivity index (χ1) is 18.4. The molecule has 0 unspecified atom stereocenters. The van der Waals surface area contributed by atoms with E-state index in [1.165, 1.54) is 0 Å². The van der Waals surface area contributed by atoms with Gasteiger partial charge in [0.15, 0.2) is 5.65 Å². The third kappa shape index (κ3) is 17.4. The molecule has 0 amide bonds. The van der Waals surface area contributed by atoms with Crippen LogP contribution in [0.25, 0.3) is 27.6 Å². The van der Waals surface area contributed by atoms with Crippen LogP contribution < -0.4 is 17.5 Å². The molecular formula is C21H33N5O10S3. The highest BCUT2D eigenvalue weighted by atomic mass is 32.2. The summed E-state index contributed by atoms with van der Waals surface area (Å²) in [4.78, 5) is 35.9. The Morgan fingerprint density at radius 1 is 1.00 bits per heavy atom. The van der Waals surface area contributed by atoms with Gasteiger partial charge in [-0.2, -0.15) is 20.2 Å². The van der Waals surface area contributed by atoms with Crippen LogP contribution in [0.3, 0.4) is 0 Å². The Morgan fingerprint density at radius 3 is 1.87 bits per heavy atom. The van der Waals surface area contributed by atoms with Crippen LogP contribution in [-0.2, 0) is 33.6 Å². The molecule has 220 valence electrons. The molecule has 2 aromatic heterocycles. The number of hydrogen-bond acceptors (Lipinski definition) is 13. The Morgan fingerprint density at radius 2 is 1.44 bits per heavy atom. The number of para-hydroxylation sites is 3. The second kappa shape index (κ2) is 22.1. The lowest BCUT2D eigenvalue weighted by atomic mass is 10.2. The van der Waals surface area contributed by atoms with Crippen LogP contribution in [-0.4, -0.2) is 57.2 Å². The molecule has 0 radical (unpaired) electrons. The van der Waals surface area contributed by atoms with E-state index in [0.717, 1.165) is 52.9 Å². The molecule has 0 aliphatic heterocycles. The van der Waals surface area contributed by atoms with Gasteiger partial charge in [0, 0.05) is 48.9 Å². The summed E-state index contributed by atoms with van der Waals surface area (Å²) in [7, 11) is -3.67. The number of nitrogens with zero attached hydrogens (tertiary/aromatic N) is 2. The van der Waals surface area contributed by atoms with Crippen molar-refractivity contribution >= 4 is 67.8 Å². The lowest BCUT2D eigenvalue weighted by Crippen LogP contribution is -2.15. The quantitative estimate of drug-likeness (QED) is 0.0965. The van der Waals surface area contributed by atoms with E-state index in [1.807, 2.05) is 62.4 Å². The normalized spacial score (nSPS) is 9.77. The van der Waals surface area contributed by atoms with Gasteiger partial charge in [-0.1, -0.05) is 38.1 Å². The molecule has 0 aliphatic carbocycles. The maximum Gasteiger partial charge on any atom is 0.332 e. The number of rotatable bonds is 4. The minimum Gasteiger partial charge on any atom is -0.481 e. The van der Waals surface area contributed by atoms with Crippen molar-refractivity contribution in [2.24, 2.45) is 11.8 Å². The van der Waals surface area contributed by atoms with Crippen molar-refractivity contribution in [2.75, 3.05) is 18.8 Å². The van der Waals surface area contributed by atoms with Gasteiger partial charge in [0.1, 0.15) is 0 Å². The zero-order valence-corrected chi connectivity index (χ0v) is 24.5. The van der Waals surface area contributed by atoms with E-state index in [9.17, 15) is 13.2 Å². The number of fused-ring (bicyclic) bond motifs is 5. The zero-order valence-electron chi connectivity index (χ0n) is 22.1. The predicted molar refractivity (Wildman–Crippen MR) is 153 cm³/mol. The van der Waals surface area contributed by atoms with Gasteiger partial charge in [-0.05, 0) is 24.3 Å². The lowest BCUT2D eigenvalue weighted by molar-refractivity contribution is -0.194. The average molecular weight is 612 g/mol. The molecule has 15 nitrogen and oxygen atoms in total. The van der Waals surface area contributed by atoms with Gasteiger partial charge in [0.25, 0.3) is 16.1 Å². The summed E-state index contributed by atoms with van der Waals surface area (Å²) in [5, 5.41) is 8.37. The van der Waals surface area contributed by atoms with Gasteiger partial charge < -0.3 is 10.1 Å². The highest BCUT2D eigenvalue weighted by molar-refractivity contribution is 7.94. The summed E-state index contributed by atoms with van der Waals surface area (Å²) in [5.41, 5.74) is 3.03. The van der Waals surface area contributed by atoms with Crippen molar-refractivity contribution < 1.29 is 41.5 Å². The number of hydrogen-bond donors (Lipinski definition) is 5. The van der Waals surface area contributed by atoms with Gasteiger partial charge >= 0.3 is 5.69 Å². The number of H-pyrrole nitrogens is 1. The van der Waals surface area contributed by atoms with E-state index in [2.05, 4.69) is 40.4 Å². The van der Waals surface area contributed by atoms with E-state index in [-0.39, 0.29) is 5.69 Å². The monoisotopic (exact) mass is 611 g/mol. The van der Waals surface area contributed by atoms with Crippen LogP contribution in [0.4, 0.5) is 0 Å². The number of carbonyl (C=O) groups is 1. The van der Waals surface area contributed by atoms with Gasteiger partial charge in [-0.3, -0.25) is 9.35 Å². The minimum absolute atomic E-state index is 0.155. The number of carboxylic acid groups (broad SMARTS) is 1. The number of carboxylic acids is 1. The zero-order chi connectivity index (χ0) is 30.4. The fourth-order valence-electron chi connectivity index (χ4n) is 2.45. The summed E-state index contributed by atoms with van der Waals surface area (Å²) in [5.74, 6) is 7.96. The SMILES string of the molecule is CC.CC(=O)O.CS(=O)(=O)O.CSOON.CSOON.O=c1[nH]c2ccccc2c2nc3ccccc3n12. The van der Waals surface area contributed by atoms with Crippen LogP contribution >= 0.6 is 24.1 Å². The summed E-state index contributed by atoms with van der Waals surface area (Å²) in [6.07, 6.45) is 4.12. The Labute approximate surface area is 233 Å². The Balaban J connectivity index is 0. The maximum absolute atomic E-state index is 12.1. The smallest absolute Gasteiger partial charge is 0.332 e. The first-order valence-electron chi connectivity index (χ1n) is 10.5. The van der Waals surface area contributed by atoms with Crippen LogP contribution in [0.5, 0.6) is 0 Å². The molecule has 0 fully saturated rings. The van der Waals surface area contributed by atoms with Crippen molar-refractivity contribution in [1.82, 2.24) is 14.4 Å². The van der Waals surface area contributed by atoms with Crippen molar-refractivity contribution in [3.8, 4) is 0 Å². The van der Waals surface area contributed by atoms with Crippen LogP contribution in [0.2, 0.25) is 0 Å². The molecule has 0 saturated carbocycles. The van der Waals surface area contributed by atoms with Crippen molar-refractivity contribution in [1.29, 1.82) is 0 Å². The van der Waals surface area contributed by atoms with Crippen molar-refractivity contribution in [2.45, 2.75) is 20.8 Å². The van der Waals surface area contributed by atoms with Crippen molar-refractivity contribution in [3.05, 3.63) is 59.0 Å². The predicted octanol–water partition coefficient (Wildman–Crippen LogP) is 3.12. The van der Waals surface area contributed by atoms with Crippen LogP contribution in [0.15, 0.2) is 53.3 Å². The number of nitrogens with one attached hydrogen (secondary N) is 1. The highest BCUT2D eigenvalue weighted by Gasteiger charge is 2.09. The van der Waals surface area contributed by atoms with Gasteiger partial charge in [-0.15, -0.1) is 18.6 Å². The summed E-state index contributed by atoms with van der Waals surface area (Å²) >= 11 is 2.11. The Bertz CT molecular complexity index is 1380. The number of imidazole rings is 1. The molecule has 0 saturated heterocycles. The summed E-state index contributed by atoms with van der Waals surface area (Å²) < 4.78 is 35.5. The third-order valence-electron chi connectivity index (χ3n) is 3.39. The molecule has 7 N–H and O–H groups in total. The van der Waals surface area contributed by atoms with E-state index >= 15 is 0 Å². The maximum atomic E-state index is 12.1. The molecule has 39 heavy (non-hydrogen) atoms. The standard InChI is InChI=1S/C14H9N3O.C2H4O2.C2H6.2CH5NO2S.CH4O3S/c18-14-16-10-6-2-1-5-9(10)13-15-11-7-3-4-8-12(11)17(13)14;1-2(3)4;1-2;2*1-5-4-3-2;1-5(2,3)4/h1-8H,(H,16,18);1H3,(H,3,4);1-2H3;2*2H2,1H3;1H3,(H,2,3,4). The van der Waals surface area contributed by atoms with E-state index < -0.39 is 16.1 Å². The molecule has 2 aromatic carbocycles. The fourth-order valence-corrected chi connectivity index (χ4v) is 2.61. The summed E-state index contributed by atoms with van der Waals surface area (Å²) in [6.45, 7) is 5.08. The molecule has 0 atom stereocenters. The van der Waals surface area contributed by atoms with Crippen LogP contribution in [0.1, 0.15) is 20.8 Å². The Kier molecular flexibility index (Phi) is 21.7. The van der Waals surface area contributed by atoms with Crippen molar-refractivity contribution in [3.63, 3.8) is 0 Å². The Hall–Kier alpha value is -2.78. The molecule has 2 heterocycles. The fraction of sp³-hybridized carbons (Fsp3) is 0.286. The van der Waals surface area contributed by atoms with E-state index in [0.29, 0.717) is 11.9 Å². The summed E-state index contributed by atoms with van der Waals surface area (Å²) in [6, 6.07) is 15.3. The lowest BCUT2D eigenvalue weighted by Gasteiger charge is -1.99. The molecule has 0 spiro atoms. The largest absolute Gasteiger partial charge is 0.481 e. The molecule has 0 aliphatic rings. The molecular weight excluding hydrogens is 578 g/mol. The molecule has 4 aromatic rings. The van der Waals surface area contributed by atoms with E-state index in [1.54, 1.807) is 16.9 Å². The number of aliphatic carboxylic acids is 1. The topological polar surface area (TPSA) is 231 Å². The van der Waals surface area contributed by atoms with Crippen LogP contribution in [0, 0.1) is 0 Å². The number of benzene rings is 2. The number of aromatic nitrogens is 3. The number of nitrogens with two attached hydrogens (primary N) is 2.